The fraction of sp³-hybridized carbons (Fsp3) is 1.00. The lowest BCUT2D eigenvalue weighted by atomic mass is 10.3. The summed E-state index contributed by atoms with van der Waals surface area (Å²) in [6, 6.07) is 0.725. The van der Waals surface area contributed by atoms with Crippen LogP contribution < -0.4 is 5.32 Å². The van der Waals surface area contributed by atoms with Crippen LogP contribution >= 0.6 is 0 Å². The average molecular weight is 318 g/mol. The highest BCUT2D eigenvalue weighted by Gasteiger charge is 2.32. The van der Waals surface area contributed by atoms with E-state index in [4.69, 9.17) is 0 Å². The zero-order chi connectivity index (χ0) is 15.5. The van der Waals surface area contributed by atoms with Gasteiger partial charge in [-0.15, -0.1) is 0 Å². The lowest BCUT2D eigenvalue weighted by Gasteiger charge is -2.31. The molecule has 0 aromatic heterocycles. The van der Waals surface area contributed by atoms with Crippen molar-refractivity contribution < 1.29 is 8.42 Å². The molecule has 2 fully saturated rings. The highest BCUT2D eigenvalue weighted by atomic mass is 32.2. The Morgan fingerprint density at radius 3 is 2.67 bits per heavy atom. The predicted octanol–water partition coefficient (Wildman–Crippen LogP) is 0.331. The fourth-order valence-electron chi connectivity index (χ4n) is 2.88. The normalized spacial score (nSPS) is 26.2. The zero-order valence-corrected chi connectivity index (χ0v) is 14.4. The van der Waals surface area contributed by atoms with Crippen LogP contribution in [0.5, 0.6) is 0 Å². The van der Waals surface area contributed by atoms with Gasteiger partial charge in [0.25, 0.3) is 10.2 Å². The van der Waals surface area contributed by atoms with Gasteiger partial charge in [0, 0.05) is 38.8 Å². The first-order valence-corrected chi connectivity index (χ1v) is 9.46. The molecule has 6 nitrogen and oxygen atoms in total. The van der Waals surface area contributed by atoms with Gasteiger partial charge in [0.05, 0.1) is 0 Å². The van der Waals surface area contributed by atoms with E-state index in [9.17, 15) is 8.42 Å². The highest BCUT2D eigenvalue weighted by Crippen LogP contribution is 2.19. The summed E-state index contributed by atoms with van der Waals surface area (Å²) in [6.45, 7) is 5.88. The molecule has 1 atom stereocenters. The minimum absolute atomic E-state index is 0.0366. The summed E-state index contributed by atoms with van der Waals surface area (Å²) in [6.07, 6.45) is 4.31. The number of rotatable bonds is 7. The maximum absolute atomic E-state index is 12.7. The van der Waals surface area contributed by atoms with Crippen molar-refractivity contribution in [1.29, 1.82) is 0 Å². The summed E-state index contributed by atoms with van der Waals surface area (Å²) in [7, 11) is 0.427. The molecule has 0 aromatic carbocycles. The molecule has 1 aliphatic heterocycles. The van der Waals surface area contributed by atoms with Gasteiger partial charge in [0.15, 0.2) is 0 Å². The Morgan fingerprint density at radius 1 is 1.29 bits per heavy atom. The average Bonchev–Trinajstić information content (AvgIpc) is 3.22. The van der Waals surface area contributed by atoms with E-state index in [-0.39, 0.29) is 6.04 Å². The molecule has 21 heavy (non-hydrogen) atoms. The van der Waals surface area contributed by atoms with Gasteiger partial charge in [0.2, 0.25) is 0 Å². The number of nitrogens with zero attached hydrogens (tertiary/aromatic N) is 3. The number of likely N-dealkylation sites (N-methyl/N-ethyl adjacent to an activating group) is 1. The molecular formula is C14H30N4O2S. The summed E-state index contributed by atoms with van der Waals surface area (Å²) < 4.78 is 28.6. The van der Waals surface area contributed by atoms with E-state index in [1.165, 1.54) is 17.1 Å². The standard InChI is InChI=1S/C14H30N4O2S/c1-13-12-16(2)9-5-11-18(13)21(19,20)17(3)10-4-8-15-14-6-7-14/h13-15H,4-12H2,1-3H3. The lowest BCUT2D eigenvalue weighted by molar-refractivity contribution is 0.276. The topological polar surface area (TPSA) is 55.9 Å². The third kappa shape index (κ3) is 4.89. The lowest BCUT2D eigenvalue weighted by Crippen LogP contribution is -2.48. The van der Waals surface area contributed by atoms with Gasteiger partial charge in [-0.25, -0.2) is 0 Å². The molecule has 2 rings (SSSR count). The van der Waals surface area contributed by atoms with Crippen molar-refractivity contribution in [2.75, 3.05) is 46.8 Å². The van der Waals surface area contributed by atoms with Gasteiger partial charge in [-0.2, -0.15) is 17.0 Å². The van der Waals surface area contributed by atoms with Crippen LogP contribution in [0.15, 0.2) is 0 Å². The third-order valence-electron chi connectivity index (χ3n) is 4.34. The summed E-state index contributed by atoms with van der Waals surface area (Å²) in [5.41, 5.74) is 0. The molecule has 2 aliphatic rings. The van der Waals surface area contributed by atoms with Crippen molar-refractivity contribution >= 4 is 10.2 Å². The van der Waals surface area contributed by atoms with Gasteiger partial charge in [-0.3, -0.25) is 0 Å². The quantitative estimate of drug-likeness (QED) is 0.688. The third-order valence-corrected chi connectivity index (χ3v) is 6.44. The Morgan fingerprint density at radius 2 is 2.00 bits per heavy atom. The van der Waals surface area contributed by atoms with Crippen molar-refractivity contribution in [1.82, 2.24) is 18.8 Å². The summed E-state index contributed by atoms with van der Waals surface area (Å²) in [5.74, 6) is 0. The molecule has 124 valence electrons. The summed E-state index contributed by atoms with van der Waals surface area (Å²) in [5, 5.41) is 3.43. The summed E-state index contributed by atoms with van der Waals surface area (Å²) >= 11 is 0. The van der Waals surface area contributed by atoms with Crippen LogP contribution in [0.2, 0.25) is 0 Å². The molecule has 1 saturated carbocycles. The zero-order valence-electron chi connectivity index (χ0n) is 13.6. The molecule has 0 aromatic rings. The second-order valence-corrected chi connectivity index (χ2v) is 8.47. The van der Waals surface area contributed by atoms with Crippen LogP contribution in [0.1, 0.15) is 32.6 Å². The van der Waals surface area contributed by atoms with Crippen LogP contribution in [0, 0.1) is 0 Å². The molecule has 0 amide bonds. The van der Waals surface area contributed by atoms with Gasteiger partial charge in [-0.1, -0.05) is 0 Å². The fourth-order valence-corrected chi connectivity index (χ4v) is 4.48. The molecule has 1 saturated heterocycles. The second kappa shape index (κ2) is 7.37. The Kier molecular flexibility index (Phi) is 6.02. The van der Waals surface area contributed by atoms with E-state index in [0.29, 0.717) is 19.1 Å². The number of hydrogen-bond acceptors (Lipinski definition) is 4. The Bertz CT molecular complexity index is 425. The van der Waals surface area contributed by atoms with Gasteiger partial charge in [-0.05, 0) is 52.7 Å². The molecule has 0 radical (unpaired) electrons. The minimum Gasteiger partial charge on any atom is -0.314 e. The highest BCUT2D eigenvalue weighted by molar-refractivity contribution is 7.86. The molecule has 1 aliphatic carbocycles. The minimum atomic E-state index is -3.33. The van der Waals surface area contributed by atoms with Crippen molar-refractivity contribution in [3.8, 4) is 0 Å². The first kappa shape index (κ1) is 17.1. The van der Waals surface area contributed by atoms with Crippen LogP contribution in [-0.2, 0) is 10.2 Å². The van der Waals surface area contributed by atoms with Crippen molar-refractivity contribution in [3.05, 3.63) is 0 Å². The van der Waals surface area contributed by atoms with Gasteiger partial charge in [0.1, 0.15) is 0 Å². The van der Waals surface area contributed by atoms with E-state index in [1.54, 1.807) is 11.4 Å². The Hall–Kier alpha value is -0.210. The van der Waals surface area contributed by atoms with Crippen LogP contribution in [0.25, 0.3) is 0 Å². The predicted molar refractivity (Wildman–Crippen MR) is 85.5 cm³/mol. The van der Waals surface area contributed by atoms with Crippen molar-refractivity contribution in [2.24, 2.45) is 0 Å². The molecule has 1 N–H and O–H groups in total. The van der Waals surface area contributed by atoms with Crippen LogP contribution in [0.3, 0.4) is 0 Å². The van der Waals surface area contributed by atoms with E-state index in [2.05, 4.69) is 17.3 Å². The first-order valence-electron chi connectivity index (χ1n) is 8.06. The molecule has 0 bridgehead atoms. The molecular weight excluding hydrogens is 288 g/mol. The van der Waals surface area contributed by atoms with E-state index < -0.39 is 10.2 Å². The maximum atomic E-state index is 12.7. The van der Waals surface area contributed by atoms with Crippen LogP contribution in [-0.4, -0.2) is 80.8 Å². The second-order valence-electron chi connectivity index (χ2n) is 6.49. The van der Waals surface area contributed by atoms with Gasteiger partial charge < -0.3 is 10.2 Å². The summed E-state index contributed by atoms with van der Waals surface area (Å²) in [4.78, 5) is 2.21. The first-order chi connectivity index (χ1) is 9.91. The SMILES string of the molecule is CC1CN(C)CCCN1S(=O)(=O)N(C)CCCNC1CC1. The number of hydrogen-bond donors (Lipinski definition) is 1. The number of nitrogens with one attached hydrogen (secondary N) is 1. The van der Waals surface area contributed by atoms with Crippen molar-refractivity contribution in [2.45, 2.75) is 44.7 Å². The maximum Gasteiger partial charge on any atom is 0.282 e. The Balaban J connectivity index is 1.85. The van der Waals surface area contributed by atoms with E-state index in [0.717, 1.165) is 32.5 Å². The molecule has 0 spiro atoms. The smallest absolute Gasteiger partial charge is 0.282 e. The van der Waals surface area contributed by atoms with E-state index in [1.807, 2.05) is 6.92 Å². The van der Waals surface area contributed by atoms with Crippen LogP contribution in [0.4, 0.5) is 0 Å². The molecule has 1 heterocycles. The van der Waals surface area contributed by atoms with E-state index >= 15 is 0 Å². The molecule has 7 heteroatoms. The van der Waals surface area contributed by atoms with Crippen molar-refractivity contribution in [3.63, 3.8) is 0 Å². The Labute approximate surface area is 129 Å². The largest absolute Gasteiger partial charge is 0.314 e. The molecule has 1 unspecified atom stereocenters. The monoisotopic (exact) mass is 318 g/mol. The van der Waals surface area contributed by atoms with Gasteiger partial charge >= 0.3 is 0 Å².